The van der Waals surface area contributed by atoms with Gasteiger partial charge < -0.3 is 15.4 Å². The van der Waals surface area contributed by atoms with E-state index in [1.807, 2.05) is 56.0 Å². The molecular formula is C27H27N7O. The number of nitrogens with zero attached hydrogens (tertiary/aromatic N) is 5. The maximum absolute atomic E-state index is 9.03. The van der Waals surface area contributed by atoms with Gasteiger partial charge in [0.15, 0.2) is 0 Å². The van der Waals surface area contributed by atoms with Crippen LogP contribution in [-0.2, 0) is 7.05 Å². The van der Waals surface area contributed by atoms with E-state index in [4.69, 9.17) is 10.00 Å². The Hall–Kier alpha value is -4.22. The van der Waals surface area contributed by atoms with E-state index in [1.165, 1.54) is 0 Å². The Labute approximate surface area is 204 Å². The first kappa shape index (κ1) is 22.6. The van der Waals surface area contributed by atoms with Crippen LogP contribution in [0.3, 0.4) is 0 Å². The quantitative estimate of drug-likeness (QED) is 0.425. The zero-order valence-electron chi connectivity index (χ0n) is 19.7. The molecule has 4 heterocycles. The fraction of sp³-hybridized carbons (Fsp3) is 0.259. The van der Waals surface area contributed by atoms with E-state index in [-0.39, 0.29) is 18.1 Å². The lowest BCUT2D eigenvalue weighted by Crippen LogP contribution is -2.43. The molecule has 1 aromatic carbocycles. The van der Waals surface area contributed by atoms with Crippen LogP contribution in [0, 0.1) is 11.3 Å². The molecule has 0 radical (unpaired) electrons. The minimum Gasteiger partial charge on any atom is -0.469 e. The highest BCUT2D eigenvalue weighted by Gasteiger charge is 2.30. The third-order valence-corrected chi connectivity index (χ3v) is 6.24. The van der Waals surface area contributed by atoms with Crippen LogP contribution in [-0.4, -0.2) is 38.9 Å². The van der Waals surface area contributed by atoms with E-state index >= 15 is 0 Å². The molecule has 8 heteroatoms. The van der Waals surface area contributed by atoms with Gasteiger partial charge in [0.05, 0.1) is 30.0 Å². The number of pyridine rings is 2. The largest absolute Gasteiger partial charge is 0.469 e. The van der Waals surface area contributed by atoms with Crippen molar-refractivity contribution in [3.05, 3.63) is 90.1 Å². The number of nitriles is 1. The summed E-state index contributed by atoms with van der Waals surface area (Å²) in [6.07, 6.45) is 7.09. The van der Waals surface area contributed by atoms with Crippen molar-refractivity contribution in [3.63, 3.8) is 0 Å². The standard InChI is InChI=1S/C27H27N7O/c1-18(23-9-8-19(11-28)13-29-23)12-31-26(20-6-4-3-5-7-20)25-16-30-24-10-21(14-32-27(24)35-25)22-15-33-34(2)17-22/h3-10,13-15,17-18,25-26,30-31H,12,16H2,1-2H3/t18-,25-,26+/m0/s1. The normalized spacial score (nSPS) is 16.3. The Morgan fingerprint density at radius 3 is 2.71 bits per heavy atom. The first-order valence-electron chi connectivity index (χ1n) is 11.6. The van der Waals surface area contributed by atoms with E-state index in [2.05, 4.69) is 56.9 Å². The van der Waals surface area contributed by atoms with E-state index in [9.17, 15) is 0 Å². The predicted octanol–water partition coefficient (Wildman–Crippen LogP) is 4.06. The van der Waals surface area contributed by atoms with Gasteiger partial charge in [-0.15, -0.1) is 0 Å². The Morgan fingerprint density at radius 2 is 2.00 bits per heavy atom. The number of benzene rings is 1. The van der Waals surface area contributed by atoms with Crippen molar-refractivity contribution >= 4 is 5.69 Å². The minimum absolute atomic E-state index is 0.0440. The Balaban J connectivity index is 1.33. The molecular weight excluding hydrogens is 438 g/mol. The van der Waals surface area contributed by atoms with Gasteiger partial charge in [0, 0.05) is 54.9 Å². The monoisotopic (exact) mass is 465 g/mol. The summed E-state index contributed by atoms with van der Waals surface area (Å²) in [6, 6.07) is 18.2. The zero-order chi connectivity index (χ0) is 24.2. The Bertz CT molecular complexity index is 1330. The van der Waals surface area contributed by atoms with Crippen LogP contribution in [0.15, 0.2) is 73.3 Å². The first-order valence-corrected chi connectivity index (χ1v) is 11.6. The molecule has 176 valence electrons. The highest BCUT2D eigenvalue weighted by molar-refractivity contribution is 5.69. The molecule has 2 N–H and O–H groups in total. The van der Waals surface area contributed by atoms with E-state index in [0.29, 0.717) is 24.5 Å². The number of anilines is 1. The van der Waals surface area contributed by atoms with Gasteiger partial charge in [-0.1, -0.05) is 37.3 Å². The lowest BCUT2D eigenvalue weighted by Gasteiger charge is -2.34. The number of hydrogen-bond donors (Lipinski definition) is 2. The third-order valence-electron chi connectivity index (χ3n) is 6.24. The second-order valence-corrected chi connectivity index (χ2v) is 8.80. The van der Waals surface area contributed by atoms with Crippen LogP contribution in [0.4, 0.5) is 5.69 Å². The van der Waals surface area contributed by atoms with Crippen LogP contribution in [0.25, 0.3) is 11.1 Å². The second kappa shape index (κ2) is 9.95. The minimum atomic E-state index is -0.150. The zero-order valence-corrected chi connectivity index (χ0v) is 19.7. The molecule has 0 unspecified atom stereocenters. The number of aromatic nitrogens is 4. The molecule has 35 heavy (non-hydrogen) atoms. The lowest BCUT2D eigenvalue weighted by molar-refractivity contribution is 0.149. The summed E-state index contributed by atoms with van der Waals surface area (Å²) in [4.78, 5) is 9.06. The Morgan fingerprint density at radius 1 is 1.14 bits per heavy atom. The van der Waals surface area contributed by atoms with Crippen LogP contribution >= 0.6 is 0 Å². The SMILES string of the molecule is C[C@@H](CN[C@H](c1ccccc1)[C@@H]1CNc2cc(-c3cnn(C)c3)cnc2O1)c1ccc(C#N)cn1. The van der Waals surface area contributed by atoms with E-state index < -0.39 is 0 Å². The van der Waals surface area contributed by atoms with Gasteiger partial charge in [0.2, 0.25) is 5.88 Å². The molecule has 0 spiro atoms. The first-order chi connectivity index (χ1) is 17.1. The summed E-state index contributed by atoms with van der Waals surface area (Å²) < 4.78 is 8.18. The van der Waals surface area contributed by atoms with Crippen molar-refractivity contribution in [2.24, 2.45) is 7.05 Å². The second-order valence-electron chi connectivity index (χ2n) is 8.80. The van der Waals surface area contributed by atoms with Crippen molar-refractivity contribution in [2.75, 3.05) is 18.4 Å². The molecule has 4 aromatic rings. The molecule has 0 bridgehead atoms. The predicted molar refractivity (Wildman–Crippen MR) is 134 cm³/mol. The van der Waals surface area contributed by atoms with Crippen molar-refractivity contribution in [2.45, 2.75) is 25.0 Å². The molecule has 0 aliphatic carbocycles. The van der Waals surface area contributed by atoms with Crippen molar-refractivity contribution in [3.8, 4) is 23.1 Å². The van der Waals surface area contributed by atoms with Gasteiger partial charge in [-0.3, -0.25) is 9.67 Å². The molecule has 3 aromatic heterocycles. The van der Waals surface area contributed by atoms with Crippen LogP contribution in [0.2, 0.25) is 0 Å². The molecule has 0 saturated heterocycles. The van der Waals surface area contributed by atoms with Gasteiger partial charge in [-0.2, -0.15) is 10.4 Å². The van der Waals surface area contributed by atoms with Gasteiger partial charge in [-0.25, -0.2) is 4.98 Å². The molecule has 1 aliphatic heterocycles. The molecule has 3 atom stereocenters. The van der Waals surface area contributed by atoms with E-state index in [1.54, 1.807) is 10.9 Å². The number of rotatable bonds is 7. The van der Waals surface area contributed by atoms with Crippen molar-refractivity contribution < 1.29 is 4.74 Å². The Kier molecular flexibility index (Phi) is 6.42. The van der Waals surface area contributed by atoms with Gasteiger partial charge in [-0.05, 0) is 23.8 Å². The number of nitrogens with one attached hydrogen (secondary N) is 2. The summed E-state index contributed by atoms with van der Waals surface area (Å²) in [5.74, 6) is 0.761. The van der Waals surface area contributed by atoms with Crippen molar-refractivity contribution in [1.82, 2.24) is 25.1 Å². The molecule has 0 amide bonds. The fourth-order valence-corrected chi connectivity index (χ4v) is 4.28. The molecule has 5 rings (SSSR count). The highest BCUT2D eigenvalue weighted by Crippen LogP contribution is 2.34. The number of hydrogen-bond acceptors (Lipinski definition) is 7. The average Bonchev–Trinajstić information content (AvgIpc) is 3.35. The maximum Gasteiger partial charge on any atom is 0.237 e. The molecule has 8 nitrogen and oxygen atoms in total. The maximum atomic E-state index is 9.03. The summed E-state index contributed by atoms with van der Waals surface area (Å²) in [6.45, 7) is 3.47. The average molecular weight is 466 g/mol. The number of aryl methyl sites for hydroxylation is 1. The van der Waals surface area contributed by atoms with E-state index in [0.717, 1.165) is 28.1 Å². The third kappa shape index (κ3) is 5.00. The van der Waals surface area contributed by atoms with Gasteiger partial charge >= 0.3 is 0 Å². The van der Waals surface area contributed by atoms with Gasteiger partial charge in [0.25, 0.3) is 0 Å². The van der Waals surface area contributed by atoms with Gasteiger partial charge in [0.1, 0.15) is 12.2 Å². The topological polar surface area (TPSA) is 101 Å². The van der Waals surface area contributed by atoms with Crippen molar-refractivity contribution in [1.29, 1.82) is 5.26 Å². The smallest absolute Gasteiger partial charge is 0.237 e. The van der Waals surface area contributed by atoms with Crippen LogP contribution in [0.1, 0.15) is 35.7 Å². The lowest BCUT2D eigenvalue weighted by atomic mass is 9.98. The molecule has 1 aliphatic rings. The summed E-state index contributed by atoms with van der Waals surface area (Å²) in [7, 11) is 1.90. The molecule has 0 saturated carbocycles. The summed E-state index contributed by atoms with van der Waals surface area (Å²) in [5, 5.41) is 20.5. The highest BCUT2D eigenvalue weighted by atomic mass is 16.5. The van der Waals surface area contributed by atoms with Crippen LogP contribution < -0.4 is 15.4 Å². The summed E-state index contributed by atoms with van der Waals surface area (Å²) >= 11 is 0. The molecule has 0 fully saturated rings. The van der Waals surface area contributed by atoms with Crippen LogP contribution in [0.5, 0.6) is 5.88 Å². The number of ether oxygens (including phenoxy) is 1. The number of fused-ring (bicyclic) bond motifs is 1. The fourth-order valence-electron chi connectivity index (χ4n) is 4.28. The summed E-state index contributed by atoms with van der Waals surface area (Å²) in [5.41, 5.74) is 5.55.